The van der Waals surface area contributed by atoms with Gasteiger partial charge in [0.25, 0.3) is 0 Å². The monoisotopic (exact) mass is 275 g/mol. The van der Waals surface area contributed by atoms with E-state index in [2.05, 4.69) is 10.3 Å². The van der Waals surface area contributed by atoms with Crippen molar-refractivity contribution < 1.29 is 18.0 Å². The van der Waals surface area contributed by atoms with Gasteiger partial charge in [-0.25, -0.2) is 0 Å². The maximum Gasteiger partial charge on any atom is 0.401 e. The van der Waals surface area contributed by atoms with Crippen LogP contribution in [0.1, 0.15) is 18.5 Å². The number of nitrogens with zero attached hydrogens (tertiary/aromatic N) is 2. The molecular weight excluding hydrogens is 259 g/mol. The minimum absolute atomic E-state index is 0.219. The normalized spacial score (nSPS) is 13.1. The smallest absolute Gasteiger partial charge is 0.338 e. The molecule has 0 bridgehead atoms. The number of alkyl halides is 3. The second-order valence-corrected chi connectivity index (χ2v) is 4.18. The van der Waals surface area contributed by atoms with Crippen molar-refractivity contribution >= 4 is 5.91 Å². The van der Waals surface area contributed by atoms with Crippen molar-refractivity contribution in [1.29, 1.82) is 0 Å². The topological polar surface area (TPSA) is 45.2 Å². The summed E-state index contributed by atoms with van der Waals surface area (Å²) in [6, 6.07) is 3.30. The minimum atomic E-state index is -4.31. The van der Waals surface area contributed by atoms with E-state index in [1.165, 1.54) is 4.90 Å². The van der Waals surface area contributed by atoms with Gasteiger partial charge in [0, 0.05) is 19.4 Å². The summed E-state index contributed by atoms with van der Waals surface area (Å²) in [7, 11) is 1.56. The molecule has 0 saturated heterocycles. The third-order valence-electron chi connectivity index (χ3n) is 2.76. The third kappa shape index (κ3) is 5.25. The average Bonchev–Trinajstić information content (AvgIpc) is 2.36. The van der Waals surface area contributed by atoms with Crippen molar-refractivity contribution in [3.8, 4) is 0 Å². The lowest BCUT2D eigenvalue weighted by atomic mass is 10.1. The van der Waals surface area contributed by atoms with E-state index < -0.39 is 18.6 Å². The molecule has 1 amide bonds. The lowest BCUT2D eigenvalue weighted by Crippen LogP contribution is -2.40. The lowest BCUT2D eigenvalue weighted by Gasteiger charge is -2.25. The molecule has 0 saturated carbocycles. The second-order valence-electron chi connectivity index (χ2n) is 4.18. The fourth-order valence-corrected chi connectivity index (χ4v) is 1.52. The largest absolute Gasteiger partial charge is 0.401 e. The molecule has 106 valence electrons. The Morgan fingerprint density at radius 3 is 2.53 bits per heavy atom. The highest BCUT2D eigenvalue weighted by molar-refractivity contribution is 5.78. The van der Waals surface area contributed by atoms with Gasteiger partial charge < -0.3 is 10.2 Å². The second kappa shape index (κ2) is 6.51. The number of hydrogen-bond acceptors (Lipinski definition) is 3. The molecule has 0 fully saturated rings. The van der Waals surface area contributed by atoms with Crippen LogP contribution in [0, 0.1) is 0 Å². The SMILES string of the molecule is CC(c1ccncc1)N(C)C(=O)CNCC(F)(F)F. The summed E-state index contributed by atoms with van der Waals surface area (Å²) in [6.07, 6.45) is -1.10. The molecule has 7 heteroatoms. The van der Waals surface area contributed by atoms with E-state index in [9.17, 15) is 18.0 Å². The van der Waals surface area contributed by atoms with Crippen LogP contribution in [-0.2, 0) is 4.79 Å². The Bertz CT molecular complexity index is 408. The number of hydrogen-bond donors (Lipinski definition) is 1. The third-order valence-corrected chi connectivity index (χ3v) is 2.76. The summed E-state index contributed by atoms with van der Waals surface area (Å²) in [4.78, 5) is 17.0. The van der Waals surface area contributed by atoms with E-state index in [0.29, 0.717) is 0 Å². The van der Waals surface area contributed by atoms with Crippen LogP contribution in [0.2, 0.25) is 0 Å². The molecule has 0 spiro atoms. The van der Waals surface area contributed by atoms with Crippen LogP contribution >= 0.6 is 0 Å². The van der Waals surface area contributed by atoms with Gasteiger partial charge in [-0.15, -0.1) is 0 Å². The van der Waals surface area contributed by atoms with E-state index in [1.807, 2.05) is 0 Å². The van der Waals surface area contributed by atoms with Crippen molar-refractivity contribution in [2.24, 2.45) is 0 Å². The van der Waals surface area contributed by atoms with E-state index in [-0.39, 0.29) is 12.6 Å². The minimum Gasteiger partial charge on any atom is -0.338 e. The van der Waals surface area contributed by atoms with Crippen LogP contribution in [0.25, 0.3) is 0 Å². The van der Waals surface area contributed by atoms with Crippen LogP contribution in [0.5, 0.6) is 0 Å². The number of halogens is 3. The first-order valence-corrected chi connectivity index (χ1v) is 5.74. The Morgan fingerprint density at radius 1 is 1.42 bits per heavy atom. The Kier molecular flexibility index (Phi) is 5.29. The summed E-state index contributed by atoms with van der Waals surface area (Å²) in [6.45, 7) is 0.290. The zero-order valence-electron chi connectivity index (χ0n) is 10.7. The van der Waals surface area contributed by atoms with Gasteiger partial charge in [-0.2, -0.15) is 13.2 Å². The van der Waals surface area contributed by atoms with Gasteiger partial charge >= 0.3 is 6.18 Å². The molecule has 4 nitrogen and oxygen atoms in total. The molecule has 1 atom stereocenters. The number of carbonyl (C=O) groups is 1. The maximum absolute atomic E-state index is 11.9. The van der Waals surface area contributed by atoms with E-state index >= 15 is 0 Å². The highest BCUT2D eigenvalue weighted by Crippen LogP contribution is 2.17. The van der Waals surface area contributed by atoms with Crippen molar-refractivity contribution in [3.05, 3.63) is 30.1 Å². The number of likely N-dealkylation sites (N-methyl/N-ethyl adjacent to an activating group) is 1. The molecule has 0 aromatic carbocycles. The zero-order chi connectivity index (χ0) is 14.5. The molecule has 0 radical (unpaired) electrons. The van der Waals surface area contributed by atoms with Gasteiger partial charge in [-0.1, -0.05) is 0 Å². The van der Waals surface area contributed by atoms with Gasteiger partial charge in [0.15, 0.2) is 0 Å². The molecule has 1 aromatic rings. The van der Waals surface area contributed by atoms with E-state index in [0.717, 1.165) is 5.56 Å². The highest BCUT2D eigenvalue weighted by Gasteiger charge is 2.27. The molecule has 1 N–H and O–H groups in total. The van der Waals surface area contributed by atoms with Crippen LogP contribution in [-0.4, -0.2) is 42.1 Å². The Labute approximate surface area is 109 Å². The molecule has 0 aliphatic carbocycles. The molecule has 1 heterocycles. The van der Waals surface area contributed by atoms with Crippen molar-refractivity contribution in [2.75, 3.05) is 20.1 Å². The summed E-state index contributed by atoms with van der Waals surface area (Å²) < 4.78 is 35.8. The molecule has 0 aliphatic heterocycles. The van der Waals surface area contributed by atoms with Gasteiger partial charge in [0.05, 0.1) is 19.1 Å². The van der Waals surface area contributed by atoms with Crippen LogP contribution in [0.3, 0.4) is 0 Å². The number of rotatable bonds is 5. The number of carbonyl (C=O) groups excluding carboxylic acids is 1. The fourth-order valence-electron chi connectivity index (χ4n) is 1.52. The molecule has 1 unspecified atom stereocenters. The van der Waals surface area contributed by atoms with E-state index in [1.54, 1.807) is 38.5 Å². The predicted octanol–water partition coefficient (Wildman–Crippen LogP) is 1.75. The number of nitrogens with one attached hydrogen (secondary N) is 1. The summed E-state index contributed by atoms with van der Waals surface area (Å²) >= 11 is 0. The maximum atomic E-state index is 11.9. The van der Waals surface area contributed by atoms with Crippen LogP contribution < -0.4 is 5.32 Å². The van der Waals surface area contributed by atoms with Gasteiger partial charge in [0.2, 0.25) is 5.91 Å². The average molecular weight is 275 g/mol. The van der Waals surface area contributed by atoms with Crippen molar-refractivity contribution in [1.82, 2.24) is 15.2 Å². The lowest BCUT2D eigenvalue weighted by molar-refractivity contribution is -0.134. The van der Waals surface area contributed by atoms with E-state index in [4.69, 9.17) is 0 Å². The molecule has 1 aromatic heterocycles. The van der Waals surface area contributed by atoms with Gasteiger partial charge in [-0.3, -0.25) is 9.78 Å². The number of pyridine rings is 1. The zero-order valence-corrected chi connectivity index (χ0v) is 10.7. The first-order valence-electron chi connectivity index (χ1n) is 5.74. The molecule has 1 rings (SSSR count). The molecular formula is C12H16F3N3O. The number of amides is 1. The Balaban J connectivity index is 2.48. The first kappa shape index (κ1) is 15.4. The Hall–Kier alpha value is -1.63. The number of aromatic nitrogens is 1. The van der Waals surface area contributed by atoms with Crippen LogP contribution in [0.15, 0.2) is 24.5 Å². The van der Waals surface area contributed by atoms with Crippen LogP contribution in [0.4, 0.5) is 13.2 Å². The first-order chi connectivity index (χ1) is 8.81. The van der Waals surface area contributed by atoms with Gasteiger partial charge in [0.1, 0.15) is 0 Å². The highest BCUT2D eigenvalue weighted by atomic mass is 19.4. The molecule has 19 heavy (non-hydrogen) atoms. The summed E-state index contributed by atoms with van der Waals surface area (Å²) in [5.41, 5.74) is 0.877. The predicted molar refractivity (Wildman–Crippen MR) is 64.3 cm³/mol. The standard InChI is InChI=1S/C12H16F3N3O/c1-9(10-3-5-16-6-4-10)18(2)11(19)7-17-8-12(13,14)15/h3-6,9,17H,7-8H2,1-2H3. The van der Waals surface area contributed by atoms with Crippen molar-refractivity contribution in [3.63, 3.8) is 0 Å². The molecule has 0 aliphatic rings. The quantitative estimate of drug-likeness (QED) is 0.890. The summed E-state index contributed by atoms with van der Waals surface area (Å²) in [5, 5.41) is 2.08. The fraction of sp³-hybridized carbons (Fsp3) is 0.500. The Morgan fingerprint density at radius 2 is 2.00 bits per heavy atom. The van der Waals surface area contributed by atoms with Gasteiger partial charge in [-0.05, 0) is 24.6 Å². The van der Waals surface area contributed by atoms with Crippen molar-refractivity contribution in [2.45, 2.75) is 19.1 Å². The summed E-state index contributed by atoms with van der Waals surface area (Å²) in [5.74, 6) is -0.395.